The fourth-order valence-electron chi connectivity index (χ4n) is 2.68. The van der Waals surface area contributed by atoms with Crippen LogP contribution < -0.4 is 15.4 Å². The standard InChI is InChI=1S/C20H19Cl2F3N2O3/c1-3-30-16-6-4-12(5-7-16)11-19(2,27-18(29)20(23,24)25)17(28)26-15-9-13(21)8-14(22)10-15/h4-10H,3,11H2,1-2H3,(H,26,28)(H,27,29). The zero-order chi connectivity index (χ0) is 22.5. The molecule has 0 aliphatic heterocycles. The van der Waals surface area contributed by atoms with E-state index in [1.54, 1.807) is 29.6 Å². The Labute approximate surface area is 181 Å². The molecule has 0 aromatic heterocycles. The number of rotatable bonds is 7. The number of ether oxygens (including phenoxy) is 1. The molecule has 0 bridgehead atoms. The van der Waals surface area contributed by atoms with E-state index in [0.29, 0.717) is 17.9 Å². The van der Waals surface area contributed by atoms with E-state index in [0.717, 1.165) is 0 Å². The quantitative estimate of drug-likeness (QED) is 0.607. The second kappa shape index (κ2) is 9.57. The van der Waals surface area contributed by atoms with Crippen molar-refractivity contribution in [3.05, 3.63) is 58.1 Å². The first-order chi connectivity index (χ1) is 13.9. The number of hydrogen-bond acceptors (Lipinski definition) is 3. The molecule has 0 radical (unpaired) electrons. The van der Waals surface area contributed by atoms with E-state index in [-0.39, 0.29) is 22.2 Å². The molecule has 2 aromatic rings. The molecule has 0 aliphatic rings. The van der Waals surface area contributed by atoms with Gasteiger partial charge in [0.05, 0.1) is 6.61 Å². The van der Waals surface area contributed by atoms with Gasteiger partial charge in [-0.2, -0.15) is 13.2 Å². The number of carbonyl (C=O) groups excluding carboxylic acids is 2. The summed E-state index contributed by atoms with van der Waals surface area (Å²) in [6.45, 7) is 3.46. The zero-order valence-corrected chi connectivity index (χ0v) is 17.6. The molecule has 0 fully saturated rings. The summed E-state index contributed by atoms with van der Waals surface area (Å²) < 4.78 is 43.9. The van der Waals surface area contributed by atoms with Crippen LogP contribution in [0.15, 0.2) is 42.5 Å². The number of alkyl halides is 3. The second-order valence-electron chi connectivity index (χ2n) is 6.65. The van der Waals surface area contributed by atoms with Gasteiger partial charge in [-0.1, -0.05) is 35.3 Å². The van der Waals surface area contributed by atoms with Gasteiger partial charge in [0, 0.05) is 22.2 Å². The lowest BCUT2D eigenvalue weighted by Gasteiger charge is -2.30. The minimum absolute atomic E-state index is 0.177. The van der Waals surface area contributed by atoms with E-state index < -0.39 is 23.5 Å². The van der Waals surface area contributed by atoms with Gasteiger partial charge in [-0.25, -0.2) is 0 Å². The molecule has 5 nitrogen and oxygen atoms in total. The van der Waals surface area contributed by atoms with Crippen LogP contribution in [0.25, 0.3) is 0 Å². The van der Waals surface area contributed by atoms with Gasteiger partial charge >= 0.3 is 12.1 Å². The number of benzene rings is 2. The molecule has 10 heteroatoms. The fraction of sp³-hybridized carbons (Fsp3) is 0.300. The predicted molar refractivity (Wildman–Crippen MR) is 109 cm³/mol. The summed E-state index contributed by atoms with van der Waals surface area (Å²) in [5, 5.41) is 4.71. The third-order valence-corrected chi connectivity index (χ3v) is 4.50. The Morgan fingerprint density at radius 1 is 1.00 bits per heavy atom. The highest BCUT2D eigenvalue weighted by molar-refractivity contribution is 6.35. The van der Waals surface area contributed by atoms with Crippen LogP contribution in [0.5, 0.6) is 5.75 Å². The Morgan fingerprint density at radius 3 is 2.07 bits per heavy atom. The van der Waals surface area contributed by atoms with Crippen molar-refractivity contribution >= 4 is 40.7 Å². The van der Waals surface area contributed by atoms with Crippen LogP contribution in [0.2, 0.25) is 10.0 Å². The van der Waals surface area contributed by atoms with Gasteiger partial charge in [-0.15, -0.1) is 0 Å². The molecule has 2 N–H and O–H groups in total. The molecule has 0 aliphatic carbocycles. The molecule has 2 amide bonds. The lowest BCUT2D eigenvalue weighted by Crippen LogP contribution is -2.59. The average Bonchev–Trinajstić information content (AvgIpc) is 2.62. The lowest BCUT2D eigenvalue weighted by atomic mass is 9.91. The highest BCUT2D eigenvalue weighted by atomic mass is 35.5. The van der Waals surface area contributed by atoms with Crippen molar-refractivity contribution in [2.24, 2.45) is 0 Å². The Morgan fingerprint density at radius 2 is 1.57 bits per heavy atom. The number of amides is 2. The van der Waals surface area contributed by atoms with Gasteiger partial charge < -0.3 is 15.4 Å². The topological polar surface area (TPSA) is 67.4 Å². The molecule has 2 rings (SSSR count). The number of hydrogen-bond donors (Lipinski definition) is 2. The van der Waals surface area contributed by atoms with Crippen LogP contribution in [0.3, 0.4) is 0 Å². The van der Waals surface area contributed by atoms with Gasteiger partial charge in [-0.05, 0) is 49.7 Å². The summed E-state index contributed by atoms with van der Waals surface area (Å²) in [7, 11) is 0. The molecule has 1 unspecified atom stereocenters. The van der Waals surface area contributed by atoms with E-state index >= 15 is 0 Å². The van der Waals surface area contributed by atoms with Gasteiger partial charge in [0.1, 0.15) is 11.3 Å². The largest absolute Gasteiger partial charge is 0.494 e. The summed E-state index contributed by atoms with van der Waals surface area (Å²) in [5.74, 6) is -2.53. The van der Waals surface area contributed by atoms with E-state index in [1.165, 1.54) is 25.1 Å². The molecule has 0 saturated carbocycles. The minimum Gasteiger partial charge on any atom is -0.494 e. The Hall–Kier alpha value is -2.45. The molecule has 0 heterocycles. The van der Waals surface area contributed by atoms with Crippen LogP contribution >= 0.6 is 23.2 Å². The number of nitrogens with one attached hydrogen (secondary N) is 2. The summed E-state index contributed by atoms with van der Waals surface area (Å²) in [5.41, 5.74) is -1.23. The highest BCUT2D eigenvalue weighted by Crippen LogP contribution is 2.25. The molecule has 30 heavy (non-hydrogen) atoms. The van der Waals surface area contributed by atoms with Crippen molar-refractivity contribution in [1.82, 2.24) is 5.32 Å². The minimum atomic E-state index is -5.15. The number of halogens is 5. The summed E-state index contributed by atoms with van der Waals surface area (Å²) >= 11 is 11.8. The molecular weight excluding hydrogens is 444 g/mol. The molecule has 1 atom stereocenters. The van der Waals surface area contributed by atoms with Crippen LogP contribution in [0, 0.1) is 0 Å². The SMILES string of the molecule is CCOc1ccc(CC(C)(NC(=O)C(F)(F)F)C(=O)Nc2cc(Cl)cc(Cl)c2)cc1. The lowest BCUT2D eigenvalue weighted by molar-refractivity contribution is -0.176. The van der Waals surface area contributed by atoms with Crippen molar-refractivity contribution in [2.45, 2.75) is 32.0 Å². The molecule has 2 aromatic carbocycles. The van der Waals surface area contributed by atoms with Crippen molar-refractivity contribution in [3.63, 3.8) is 0 Å². The van der Waals surface area contributed by atoms with E-state index in [2.05, 4.69) is 5.32 Å². The molecular formula is C20H19Cl2F3N2O3. The predicted octanol–water partition coefficient (Wildman–Crippen LogP) is 5.01. The normalized spacial score (nSPS) is 13.3. The first kappa shape index (κ1) is 23.8. The van der Waals surface area contributed by atoms with Crippen LogP contribution in [0.4, 0.5) is 18.9 Å². The summed E-state index contributed by atoms with van der Waals surface area (Å²) in [6, 6.07) is 10.7. The van der Waals surface area contributed by atoms with Crippen molar-refractivity contribution in [2.75, 3.05) is 11.9 Å². The van der Waals surface area contributed by atoms with Gasteiger partial charge in [0.15, 0.2) is 0 Å². The monoisotopic (exact) mass is 462 g/mol. The summed E-state index contributed by atoms with van der Waals surface area (Å²) in [6.07, 6.45) is -5.36. The van der Waals surface area contributed by atoms with Gasteiger partial charge in [0.2, 0.25) is 5.91 Å². The summed E-state index contributed by atoms with van der Waals surface area (Å²) in [4.78, 5) is 24.5. The first-order valence-corrected chi connectivity index (χ1v) is 9.57. The third-order valence-electron chi connectivity index (χ3n) is 4.06. The first-order valence-electron chi connectivity index (χ1n) is 8.81. The Kier molecular flexibility index (Phi) is 7.60. The van der Waals surface area contributed by atoms with E-state index in [1.807, 2.05) is 6.92 Å². The molecule has 162 valence electrons. The molecule has 0 spiro atoms. The smallest absolute Gasteiger partial charge is 0.471 e. The maximum absolute atomic E-state index is 12.9. The van der Waals surface area contributed by atoms with Crippen molar-refractivity contribution < 1.29 is 27.5 Å². The van der Waals surface area contributed by atoms with Crippen LogP contribution in [-0.4, -0.2) is 30.1 Å². The fourth-order valence-corrected chi connectivity index (χ4v) is 3.20. The van der Waals surface area contributed by atoms with Crippen LogP contribution in [0.1, 0.15) is 19.4 Å². The van der Waals surface area contributed by atoms with E-state index in [4.69, 9.17) is 27.9 Å². The van der Waals surface area contributed by atoms with Crippen molar-refractivity contribution in [3.8, 4) is 5.75 Å². The average molecular weight is 463 g/mol. The van der Waals surface area contributed by atoms with E-state index in [9.17, 15) is 22.8 Å². The van der Waals surface area contributed by atoms with Gasteiger partial charge in [-0.3, -0.25) is 9.59 Å². The van der Waals surface area contributed by atoms with Crippen LogP contribution in [-0.2, 0) is 16.0 Å². The zero-order valence-electron chi connectivity index (χ0n) is 16.1. The Balaban J connectivity index is 2.31. The maximum Gasteiger partial charge on any atom is 0.471 e. The Bertz CT molecular complexity index is 900. The highest BCUT2D eigenvalue weighted by Gasteiger charge is 2.45. The second-order valence-corrected chi connectivity index (χ2v) is 7.52. The number of anilines is 1. The molecule has 0 saturated heterocycles. The van der Waals surface area contributed by atoms with Crippen molar-refractivity contribution in [1.29, 1.82) is 0 Å². The van der Waals surface area contributed by atoms with Gasteiger partial charge in [0.25, 0.3) is 0 Å². The number of carbonyl (C=O) groups is 2. The maximum atomic E-state index is 12.9. The third kappa shape index (κ3) is 6.53.